The maximum absolute atomic E-state index is 5.95. The van der Waals surface area contributed by atoms with Crippen molar-refractivity contribution in [2.24, 2.45) is 5.73 Å². The second kappa shape index (κ2) is 4.59. The van der Waals surface area contributed by atoms with E-state index in [-0.39, 0.29) is 0 Å². The third-order valence-corrected chi connectivity index (χ3v) is 2.63. The van der Waals surface area contributed by atoms with Gasteiger partial charge in [0.15, 0.2) is 5.82 Å². The van der Waals surface area contributed by atoms with Crippen LogP contribution in [0.25, 0.3) is 11.5 Å². The predicted molar refractivity (Wildman–Crippen MR) is 68.5 cm³/mol. The third-order valence-electron chi connectivity index (χ3n) is 2.39. The Bertz CT molecular complexity index is 561. The molecular formula is C12H14ClN3O2. The van der Waals surface area contributed by atoms with Crippen molar-refractivity contribution in [1.82, 2.24) is 10.1 Å². The Kier molecular flexibility index (Phi) is 3.28. The summed E-state index contributed by atoms with van der Waals surface area (Å²) < 4.78 is 10.4. The minimum absolute atomic E-state index is 0.336. The molecule has 0 spiro atoms. The van der Waals surface area contributed by atoms with Crippen molar-refractivity contribution in [3.8, 4) is 17.2 Å². The summed E-state index contributed by atoms with van der Waals surface area (Å²) >= 11 is 5.95. The number of hydrogen-bond donors (Lipinski definition) is 1. The van der Waals surface area contributed by atoms with E-state index in [0.717, 1.165) is 0 Å². The highest BCUT2D eigenvalue weighted by Gasteiger charge is 2.23. The SMILES string of the molecule is COc1ccc(Cl)cc1-c1nc(C(C)(C)N)no1. The van der Waals surface area contributed by atoms with Crippen molar-refractivity contribution in [2.75, 3.05) is 7.11 Å². The number of benzene rings is 1. The Balaban J connectivity index is 2.49. The molecule has 18 heavy (non-hydrogen) atoms. The molecule has 1 aromatic carbocycles. The van der Waals surface area contributed by atoms with Crippen LogP contribution in [0, 0.1) is 0 Å². The Morgan fingerprint density at radius 2 is 2.11 bits per heavy atom. The summed E-state index contributed by atoms with van der Waals surface area (Å²) in [6.07, 6.45) is 0. The van der Waals surface area contributed by atoms with Crippen LogP contribution in [0.2, 0.25) is 5.02 Å². The van der Waals surface area contributed by atoms with Crippen molar-refractivity contribution >= 4 is 11.6 Å². The summed E-state index contributed by atoms with van der Waals surface area (Å²) in [6.45, 7) is 3.60. The highest BCUT2D eigenvalue weighted by molar-refractivity contribution is 6.30. The lowest BCUT2D eigenvalue weighted by Gasteiger charge is -2.11. The highest BCUT2D eigenvalue weighted by Crippen LogP contribution is 2.32. The first-order chi connectivity index (χ1) is 8.41. The van der Waals surface area contributed by atoms with Crippen LogP contribution in [0.1, 0.15) is 19.7 Å². The minimum atomic E-state index is -0.659. The van der Waals surface area contributed by atoms with E-state index in [1.807, 2.05) is 0 Å². The number of nitrogens with zero attached hydrogens (tertiary/aromatic N) is 2. The van der Waals surface area contributed by atoms with Gasteiger partial charge in [-0.15, -0.1) is 0 Å². The summed E-state index contributed by atoms with van der Waals surface area (Å²) in [7, 11) is 1.57. The third kappa shape index (κ3) is 2.47. The molecule has 0 saturated heterocycles. The van der Waals surface area contributed by atoms with E-state index in [0.29, 0.717) is 28.1 Å². The van der Waals surface area contributed by atoms with Gasteiger partial charge in [-0.2, -0.15) is 4.98 Å². The van der Waals surface area contributed by atoms with Gasteiger partial charge in [0, 0.05) is 5.02 Å². The zero-order valence-corrected chi connectivity index (χ0v) is 11.2. The number of aromatic nitrogens is 2. The molecule has 5 nitrogen and oxygen atoms in total. The average Bonchev–Trinajstić information content (AvgIpc) is 2.77. The van der Waals surface area contributed by atoms with Crippen LogP contribution in [0.5, 0.6) is 5.75 Å². The number of hydrogen-bond acceptors (Lipinski definition) is 5. The lowest BCUT2D eigenvalue weighted by atomic mass is 10.1. The number of methoxy groups -OCH3 is 1. The summed E-state index contributed by atoms with van der Waals surface area (Å²) in [4.78, 5) is 4.26. The summed E-state index contributed by atoms with van der Waals surface area (Å²) in [5, 5.41) is 4.43. The van der Waals surface area contributed by atoms with E-state index in [2.05, 4.69) is 10.1 Å². The smallest absolute Gasteiger partial charge is 0.261 e. The van der Waals surface area contributed by atoms with E-state index in [1.165, 1.54) is 0 Å². The number of ether oxygens (including phenoxy) is 1. The maximum Gasteiger partial charge on any atom is 0.261 e. The van der Waals surface area contributed by atoms with Crippen LogP contribution in [-0.2, 0) is 5.54 Å². The van der Waals surface area contributed by atoms with Gasteiger partial charge in [0.25, 0.3) is 5.89 Å². The molecule has 0 bridgehead atoms. The molecule has 1 heterocycles. The van der Waals surface area contributed by atoms with Crippen LogP contribution in [0.15, 0.2) is 22.7 Å². The lowest BCUT2D eigenvalue weighted by molar-refractivity contribution is 0.390. The van der Waals surface area contributed by atoms with Crippen molar-refractivity contribution in [3.63, 3.8) is 0 Å². The second-order valence-corrected chi connectivity index (χ2v) is 4.93. The lowest BCUT2D eigenvalue weighted by Crippen LogP contribution is -2.30. The number of halogens is 1. The first-order valence-corrected chi connectivity index (χ1v) is 5.76. The van der Waals surface area contributed by atoms with Gasteiger partial charge in [-0.05, 0) is 32.0 Å². The predicted octanol–water partition coefficient (Wildman–Crippen LogP) is 2.59. The molecule has 96 valence electrons. The normalized spacial score (nSPS) is 11.6. The molecule has 2 rings (SSSR count). The van der Waals surface area contributed by atoms with Gasteiger partial charge in [0.2, 0.25) is 0 Å². The molecule has 0 amide bonds. The molecule has 0 aliphatic carbocycles. The highest BCUT2D eigenvalue weighted by atomic mass is 35.5. The molecule has 2 N–H and O–H groups in total. The van der Waals surface area contributed by atoms with Gasteiger partial charge in [-0.3, -0.25) is 0 Å². The summed E-state index contributed by atoms with van der Waals surface area (Å²) in [6, 6.07) is 5.18. The monoisotopic (exact) mass is 267 g/mol. The molecule has 0 saturated carbocycles. The fraction of sp³-hybridized carbons (Fsp3) is 0.333. The largest absolute Gasteiger partial charge is 0.496 e. The number of rotatable bonds is 3. The molecule has 0 radical (unpaired) electrons. The van der Waals surface area contributed by atoms with Crippen LogP contribution < -0.4 is 10.5 Å². The molecular weight excluding hydrogens is 254 g/mol. The van der Waals surface area contributed by atoms with E-state index < -0.39 is 5.54 Å². The Morgan fingerprint density at radius 1 is 1.39 bits per heavy atom. The summed E-state index contributed by atoms with van der Waals surface area (Å²) in [5.74, 6) is 1.38. The Morgan fingerprint density at radius 3 is 2.67 bits per heavy atom. The van der Waals surface area contributed by atoms with Gasteiger partial charge in [-0.25, -0.2) is 0 Å². The van der Waals surface area contributed by atoms with Gasteiger partial charge in [-0.1, -0.05) is 16.8 Å². The van der Waals surface area contributed by atoms with E-state index in [4.69, 9.17) is 26.6 Å². The zero-order chi connectivity index (χ0) is 13.3. The number of nitrogens with two attached hydrogens (primary N) is 1. The Hall–Kier alpha value is -1.59. The fourth-order valence-electron chi connectivity index (χ4n) is 1.44. The first-order valence-electron chi connectivity index (χ1n) is 5.39. The molecule has 0 atom stereocenters. The zero-order valence-electron chi connectivity index (χ0n) is 10.4. The van der Waals surface area contributed by atoms with Crippen LogP contribution in [-0.4, -0.2) is 17.3 Å². The molecule has 1 aromatic heterocycles. The van der Waals surface area contributed by atoms with Crippen LogP contribution in [0.4, 0.5) is 0 Å². The quantitative estimate of drug-likeness (QED) is 0.925. The van der Waals surface area contributed by atoms with Gasteiger partial charge in [0.05, 0.1) is 18.2 Å². The molecule has 0 aliphatic rings. The van der Waals surface area contributed by atoms with Gasteiger partial charge < -0.3 is 15.0 Å². The second-order valence-electron chi connectivity index (χ2n) is 4.49. The van der Waals surface area contributed by atoms with Gasteiger partial charge in [0.1, 0.15) is 5.75 Å². The molecule has 2 aromatic rings. The van der Waals surface area contributed by atoms with Gasteiger partial charge >= 0.3 is 0 Å². The topological polar surface area (TPSA) is 74.2 Å². The van der Waals surface area contributed by atoms with Crippen molar-refractivity contribution in [2.45, 2.75) is 19.4 Å². The summed E-state index contributed by atoms with van der Waals surface area (Å²) in [5.41, 5.74) is 5.89. The molecule has 0 fully saturated rings. The molecule has 6 heteroatoms. The van der Waals surface area contributed by atoms with Crippen molar-refractivity contribution < 1.29 is 9.26 Å². The fourth-order valence-corrected chi connectivity index (χ4v) is 1.61. The van der Waals surface area contributed by atoms with E-state index >= 15 is 0 Å². The minimum Gasteiger partial charge on any atom is -0.496 e. The Labute approximate surface area is 110 Å². The van der Waals surface area contributed by atoms with Crippen LogP contribution in [0.3, 0.4) is 0 Å². The van der Waals surface area contributed by atoms with Crippen molar-refractivity contribution in [3.05, 3.63) is 29.0 Å². The van der Waals surface area contributed by atoms with E-state index in [1.54, 1.807) is 39.2 Å². The first kappa shape index (κ1) is 12.9. The molecule has 0 unspecified atom stereocenters. The van der Waals surface area contributed by atoms with Crippen molar-refractivity contribution in [1.29, 1.82) is 0 Å². The average molecular weight is 268 g/mol. The molecule has 0 aliphatic heterocycles. The standard InChI is InChI=1S/C12H14ClN3O2/c1-12(2,14)11-15-10(18-16-11)8-6-7(13)4-5-9(8)17-3/h4-6H,14H2,1-3H3. The van der Waals surface area contributed by atoms with Crippen LogP contribution >= 0.6 is 11.6 Å². The maximum atomic E-state index is 5.95. The van der Waals surface area contributed by atoms with E-state index in [9.17, 15) is 0 Å².